The first kappa shape index (κ1) is 12.5. The van der Waals surface area contributed by atoms with Crippen LogP contribution in [0.3, 0.4) is 0 Å². The quantitative estimate of drug-likeness (QED) is 0.547. The van der Waals surface area contributed by atoms with Crippen molar-refractivity contribution in [3.63, 3.8) is 0 Å². The lowest BCUT2D eigenvalue weighted by Gasteiger charge is -2.35. The van der Waals surface area contributed by atoms with E-state index >= 15 is 0 Å². The average molecular weight is 242 g/mol. The maximum absolute atomic E-state index is 11.9. The number of Topliss-reactive ketones (excluding diaryl/α,β-unsaturated/α-hetero) is 1. The molecule has 1 unspecified atom stereocenters. The van der Waals surface area contributed by atoms with Crippen LogP contribution in [0.4, 0.5) is 0 Å². The Bertz CT molecular complexity index is 306. The minimum absolute atomic E-state index is 0.0602. The van der Waals surface area contributed by atoms with Gasteiger partial charge in [0.15, 0.2) is 5.79 Å². The number of carbonyl (C=O) groups is 2. The van der Waals surface area contributed by atoms with Crippen LogP contribution in [0.5, 0.6) is 0 Å². The largest absolute Gasteiger partial charge is 0.469 e. The van der Waals surface area contributed by atoms with Crippen molar-refractivity contribution >= 4 is 11.8 Å². The summed E-state index contributed by atoms with van der Waals surface area (Å²) in [5, 5.41) is 0. The topological polar surface area (TPSA) is 61.8 Å². The van der Waals surface area contributed by atoms with Crippen molar-refractivity contribution in [3.8, 4) is 0 Å². The van der Waals surface area contributed by atoms with Gasteiger partial charge in [-0.2, -0.15) is 0 Å². The second-order valence-corrected chi connectivity index (χ2v) is 4.62. The van der Waals surface area contributed by atoms with Gasteiger partial charge in [0.2, 0.25) is 0 Å². The number of ketones is 1. The number of hydrogen-bond donors (Lipinski definition) is 0. The van der Waals surface area contributed by atoms with Gasteiger partial charge in [0.1, 0.15) is 12.2 Å². The molecule has 1 saturated carbocycles. The Morgan fingerprint density at radius 3 is 2.71 bits per heavy atom. The van der Waals surface area contributed by atoms with E-state index in [1.165, 1.54) is 7.11 Å². The fourth-order valence-corrected chi connectivity index (χ4v) is 2.59. The highest BCUT2D eigenvalue weighted by Gasteiger charge is 2.43. The van der Waals surface area contributed by atoms with Crippen molar-refractivity contribution in [2.75, 3.05) is 20.3 Å². The van der Waals surface area contributed by atoms with E-state index in [4.69, 9.17) is 9.47 Å². The molecule has 1 aliphatic heterocycles. The molecule has 0 aromatic carbocycles. The summed E-state index contributed by atoms with van der Waals surface area (Å²) in [5.41, 5.74) is 0. The van der Waals surface area contributed by atoms with E-state index in [0.29, 0.717) is 19.6 Å². The molecule has 1 spiro atoms. The first-order valence-corrected chi connectivity index (χ1v) is 6.03. The predicted octanol–water partition coefficient (Wildman–Crippen LogP) is 1.05. The van der Waals surface area contributed by atoms with Crippen LogP contribution in [0.15, 0.2) is 0 Å². The number of carbonyl (C=O) groups excluding carboxylic acids is 2. The molecule has 96 valence electrons. The maximum atomic E-state index is 11.9. The number of methoxy groups -OCH3 is 1. The van der Waals surface area contributed by atoms with Crippen molar-refractivity contribution in [1.29, 1.82) is 0 Å². The smallest absolute Gasteiger partial charge is 0.313 e. The molecule has 1 atom stereocenters. The first-order valence-electron chi connectivity index (χ1n) is 6.03. The van der Waals surface area contributed by atoms with Gasteiger partial charge in [-0.15, -0.1) is 0 Å². The van der Waals surface area contributed by atoms with E-state index in [9.17, 15) is 9.59 Å². The Balaban J connectivity index is 1.92. The van der Waals surface area contributed by atoms with Gasteiger partial charge in [-0.05, 0) is 12.8 Å². The molecule has 1 saturated heterocycles. The van der Waals surface area contributed by atoms with Gasteiger partial charge in [0.05, 0.1) is 20.3 Å². The summed E-state index contributed by atoms with van der Waals surface area (Å²) in [6, 6.07) is 0. The SMILES string of the molecule is COC(=O)CC(=O)C1CCCC2(C1)OCCO2. The van der Waals surface area contributed by atoms with Gasteiger partial charge in [-0.1, -0.05) is 0 Å². The molecular weight excluding hydrogens is 224 g/mol. The molecule has 5 nitrogen and oxygen atoms in total. The van der Waals surface area contributed by atoms with Gasteiger partial charge in [0.25, 0.3) is 0 Å². The van der Waals surface area contributed by atoms with Crippen molar-refractivity contribution in [2.45, 2.75) is 37.9 Å². The minimum atomic E-state index is -0.561. The summed E-state index contributed by atoms with van der Waals surface area (Å²) in [5.74, 6) is -1.23. The standard InChI is InChI=1S/C12H18O5/c1-15-11(14)7-10(13)9-3-2-4-12(8-9)16-5-6-17-12/h9H,2-8H2,1H3. The van der Waals surface area contributed by atoms with E-state index < -0.39 is 11.8 Å². The number of hydrogen-bond acceptors (Lipinski definition) is 5. The van der Waals surface area contributed by atoms with Crippen LogP contribution in [-0.4, -0.2) is 37.9 Å². The molecule has 0 aromatic rings. The molecule has 1 heterocycles. The predicted molar refractivity (Wildman–Crippen MR) is 58.2 cm³/mol. The number of ether oxygens (including phenoxy) is 3. The lowest BCUT2D eigenvalue weighted by molar-refractivity contribution is -0.189. The zero-order chi connectivity index (χ0) is 12.3. The second kappa shape index (κ2) is 5.14. The molecule has 0 amide bonds. The van der Waals surface area contributed by atoms with Crippen LogP contribution < -0.4 is 0 Å². The Morgan fingerprint density at radius 2 is 2.06 bits per heavy atom. The van der Waals surface area contributed by atoms with Crippen LogP contribution in [0.25, 0.3) is 0 Å². The molecule has 0 aromatic heterocycles. The molecule has 2 fully saturated rings. The molecule has 2 rings (SSSR count). The normalized spacial score (nSPS) is 27.0. The Morgan fingerprint density at radius 1 is 1.35 bits per heavy atom. The highest BCUT2D eigenvalue weighted by Crippen LogP contribution is 2.39. The molecular formula is C12H18O5. The molecule has 0 radical (unpaired) electrons. The summed E-state index contributed by atoms with van der Waals surface area (Å²) >= 11 is 0. The first-order chi connectivity index (χ1) is 8.15. The van der Waals surface area contributed by atoms with E-state index in [1.807, 2.05) is 0 Å². The summed E-state index contributed by atoms with van der Waals surface area (Å²) in [7, 11) is 1.29. The third kappa shape index (κ3) is 2.84. The highest BCUT2D eigenvalue weighted by molar-refractivity contribution is 5.96. The molecule has 5 heteroatoms. The third-order valence-corrected chi connectivity index (χ3v) is 3.48. The number of rotatable bonds is 3. The summed E-state index contributed by atoms with van der Waals surface area (Å²) in [4.78, 5) is 23.0. The third-order valence-electron chi connectivity index (χ3n) is 3.48. The van der Waals surface area contributed by atoms with Gasteiger partial charge < -0.3 is 14.2 Å². The zero-order valence-corrected chi connectivity index (χ0v) is 10.1. The van der Waals surface area contributed by atoms with E-state index in [1.54, 1.807) is 0 Å². The molecule has 0 N–H and O–H groups in total. The van der Waals surface area contributed by atoms with Gasteiger partial charge >= 0.3 is 5.97 Å². The van der Waals surface area contributed by atoms with Crippen molar-refractivity contribution < 1.29 is 23.8 Å². The molecule has 0 bridgehead atoms. The molecule has 17 heavy (non-hydrogen) atoms. The fraction of sp³-hybridized carbons (Fsp3) is 0.833. The monoisotopic (exact) mass is 242 g/mol. The van der Waals surface area contributed by atoms with Crippen LogP contribution in [0.2, 0.25) is 0 Å². The summed E-state index contributed by atoms with van der Waals surface area (Å²) < 4.78 is 15.7. The van der Waals surface area contributed by atoms with Gasteiger partial charge in [0, 0.05) is 18.8 Å². The van der Waals surface area contributed by atoms with Crippen LogP contribution in [0, 0.1) is 5.92 Å². The van der Waals surface area contributed by atoms with Gasteiger partial charge in [-0.3, -0.25) is 9.59 Å². The Labute approximate surface area is 100 Å². The number of esters is 1. The van der Waals surface area contributed by atoms with E-state index in [2.05, 4.69) is 4.74 Å². The van der Waals surface area contributed by atoms with Crippen molar-refractivity contribution in [2.24, 2.45) is 5.92 Å². The van der Waals surface area contributed by atoms with E-state index in [0.717, 1.165) is 19.3 Å². The average Bonchev–Trinajstić information content (AvgIpc) is 2.77. The van der Waals surface area contributed by atoms with E-state index in [-0.39, 0.29) is 18.1 Å². The summed E-state index contributed by atoms with van der Waals surface area (Å²) in [6.45, 7) is 1.19. The van der Waals surface area contributed by atoms with Crippen molar-refractivity contribution in [3.05, 3.63) is 0 Å². The lowest BCUT2D eigenvalue weighted by atomic mass is 9.81. The van der Waals surface area contributed by atoms with Gasteiger partial charge in [-0.25, -0.2) is 0 Å². The van der Waals surface area contributed by atoms with Crippen LogP contribution in [0.1, 0.15) is 32.1 Å². The molecule has 1 aliphatic carbocycles. The Hall–Kier alpha value is -0.940. The Kier molecular flexibility index (Phi) is 3.79. The fourth-order valence-electron chi connectivity index (χ4n) is 2.59. The zero-order valence-electron chi connectivity index (χ0n) is 10.1. The highest BCUT2D eigenvalue weighted by atomic mass is 16.7. The second-order valence-electron chi connectivity index (χ2n) is 4.62. The van der Waals surface area contributed by atoms with Crippen molar-refractivity contribution in [1.82, 2.24) is 0 Å². The van der Waals surface area contributed by atoms with Crippen LogP contribution >= 0.6 is 0 Å². The lowest BCUT2D eigenvalue weighted by Crippen LogP contribution is -2.39. The minimum Gasteiger partial charge on any atom is -0.469 e. The maximum Gasteiger partial charge on any atom is 0.313 e. The summed E-state index contributed by atoms with van der Waals surface area (Å²) in [6.07, 6.45) is 2.98. The molecule has 2 aliphatic rings. The van der Waals surface area contributed by atoms with Crippen LogP contribution in [-0.2, 0) is 23.8 Å².